The molecule has 0 radical (unpaired) electrons. The van der Waals surface area contributed by atoms with Crippen LogP contribution in [0.5, 0.6) is 0 Å². The standard InChI is InChI=1S/C17H18ClN3/c1-13-8-14(10-16(18)9-13)11-19-6-7-21-17-5-3-2-4-15(17)12-20-21/h2-5,8-10,12,19H,6-7,11H2,1H3. The Balaban J connectivity index is 1.56. The van der Waals surface area contributed by atoms with E-state index in [1.807, 2.05) is 35.1 Å². The van der Waals surface area contributed by atoms with Gasteiger partial charge in [-0.1, -0.05) is 35.9 Å². The summed E-state index contributed by atoms with van der Waals surface area (Å²) in [6.07, 6.45) is 1.91. The Morgan fingerprint density at radius 1 is 1.19 bits per heavy atom. The molecule has 21 heavy (non-hydrogen) atoms. The molecule has 0 aliphatic heterocycles. The highest BCUT2D eigenvalue weighted by Crippen LogP contribution is 2.14. The Kier molecular flexibility index (Phi) is 4.23. The second-order valence-corrected chi connectivity index (χ2v) is 5.68. The van der Waals surface area contributed by atoms with Crippen molar-refractivity contribution in [1.82, 2.24) is 15.1 Å². The molecule has 4 heteroatoms. The number of fused-ring (bicyclic) bond motifs is 1. The minimum atomic E-state index is 0.796. The molecule has 0 aliphatic carbocycles. The lowest BCUT2D eigenvalue weighted by atomic mass is 10.1. The molecule has 3 aromatic rings. The lowest BCUT2D eigenvalue weighted by molar-refractivity contribution is 0.567. The second-order valence-electron chi connectivity index (χ2n) is 5.24. The van der Waals surface area contributed by atoms with E-state index in [4.69, 9.17) is 11.6 Å². The number of halogens is 1. The minimum absolute atomic E-state index is 0.796. The number of aryl methyl sites for hydroxylation is 1. The largest absolute Gasteiger partial charge is 0.311 e. The van der Waals surface area contributed by atoms with E-state index in [9.17, 15) is 0 Å². The number of aromatic nitrogens is 2. The zero-order valence-electron chi connectivity index (χ0n) is 12.0. The van der Waals surface area contributed by atoms with E-state index in [0.29, 0.717) is 0 Å². The average Bonchev–Trinajstić information content (AvgIpc) is 2.86. The summed E-state index contributed by atoms with van der Waals surface area (Å²) in [5.74, 6) is 0. The highest BCUT2D eigenvalue weighted by molar-refractivity contribution is 6.30. The quantitative estimate of drug-likeness (QED) is 0.727. The van der Waals surface area contributed by atoms with Crippen molar-refractivity contribution in [2.24, 2.45) is 0 Å². The molecule has 0 bridgehead atoms. The van der Waals surface area contributed by atoms with Gasteiger partial charge in [-0.2, -0.15) is 5.10 Å². The minimum Gasteiger partial charge on any atom is -0.311 e. The summed E-state index contributed by atoms with van der Waals surface area (Å²) in [7, 11) is 0. The van der Waals surface area contributed by atoms with E-state index in [1.165, 1.54) is 22.0 Å². The molecular formula is C17H18ClN3. The van der Waals surface area contributed by atoms with Gasteiger partial charge in [0, 0.05) is 23.5 Å². The fraction of sp³-hybridized carbons (Fsp3) is 0.235. The van der Waals surface area contributed by atoms with Crippen molar-refractivity contribution >= 4 is 22.5 Å². The Morgan fingerprint density at radius 3 is 2.90 bits per heavy atom. The van der Waals surface area contributed by atoms with Gasteiger partial charge >= 0.3 is 0 Å². The molecule has 0 saturated carbocycles. The van der Waals surface area contributed by atoms with Crippen LogP contribution < -0.4 is 5.32 Å². The normalized spacial score (nSPS) is 11.1. The molecule has 0 aliphatic rings. The molecule has 0 fully saturated rings. The maximum absolute atomic E-state index is 6.07. The molecule has 0 atom stereocenters. The van der Waals surface area contributed by atoms with Crippen molar-refractivity contribution in [1.29, 1.82) is 0 Å². The van der Waals surface area contributed by atoms with Gasteiger partial charge in [-0.25, -0.2) is 0 Å². The average molecular weight is 300 g/mol. The fourth-order valence-corrected chi connectivity index (χ4v) is 2.85. The molecule has 1 aromatic heterocycles. The number of nitrogens with zero attached hydrogens (tertiary/aromatic N) is 2. The van der Waals surface area contributed by atoms with Crippen LogP contribution in [0.1, 0.15) is 11.1 Å². The SMILES string of the molecule is Cc1cc(Cl)cc(CNCCn2ncc3ccccc32)c1. The van der Waals surface area contributed by atoms with Crippen molar-refractivity contribution in [2.45, 2.75) is 20.0 Å². The molecule has 0 amide bonds. The molecule has 3 nitrogen and oxygen atoms in total. The summed E-state index contributed by atoms with van der Waals surface area (Å²) in [5, 5.41) is 9.84. The van der Waals surface area contributed by atoms with Crippen molar-refractivity contribution in [2.75, 3.05) is 6.54 Å². The van der Waals surface area contributed by atoms with Gasteiger partial charge in [-0.3, -0.25) is 4.68 Å². The van der Waals surface area contributed by atoms with Gasteiger partial charge in [0.15, 0.2) is 0 Å². The number of rotatable bonds is 5. The first kappa shape index (κ1) is 14.1. The monoisotopic (exact) mass is 299 g/mol. The molecule has 1 heterocycles. The Labute approximate surface area is 129 Å². The molecule has 0 saturated heterocycles. The van der Waals surface area contributed by atoms with E-state index in [2.05, 4.69) is 35.5 Å². The van der Waals surface area contributed by atoms with Crippen molar-refractivity contribution < 1.29 is 0 Å². The lowest BCUT2D eigenvalue weighted by Gasteiger charge is -2.07. The van der Waals surface area contributed by atoms with Crippen molar-refractivity contribution in [3.05, 3.63) is 64.8 Å². The fourth-order valence-electron chi connectivity index (χ4n) is 2.54. The second kappa shape index (κ2) is 6.29. The smallest absolute Gasteiger partial charge is 0.0682 e. The Bertz CT molecular complexity index is 728. The maximum Gasteiger partial charge on any atom is 0.0682 e. The van der Waals surface area contributed by atoms with Gasteiger partial charge in [0.25, 0.3) is 0 Å². The zero-order valence-corrected chi connectivity index (χ0v) is 12.8. The number of benzene rings is 2. The number of hydrogen-bond donors (Lipinski definition) is 1. The molecular weight excluding hydrogens is 282 g/mol. The van der Waals surface area contributed by atoms with Crippen LogP contribution in [0.2, 0.25) is 5.02 Å². The van der Waals surface area contributed by atoms with Crippen LogP contribution in [0, 0.1) is 6.92 Å². The summed E-state index contributed by atoms with van der Waals surface area (Å²) in [4.78, 5) is 0. The van der Waals surface area contributed by atoms with E-state index < -0.39 is 0 Å². The van der Waals surface area contributed by atoms with Gasteiger partial charge in [0.1, 0.15) is 0 Å². The van der Waals surface area contributed by atoms with Gasteiger partial charge in [0.2, 0.25) is 0 Å². The Hall–Kier alpha value is -1.84. The predicted molar refractivity (Wildman–Crippen MR) is 87.6 cm³/mol. The van der Waals surface area contributed by atoms with Crippen LogP contribution in [-0.2, 0) is 13.1 Å². The highest BCUT2D eigenvalue weighted by Gasteiger charge is 2.01. The van der Waals surface area contributed by atoms with Crippen LogP contribution in [-0.4, -0.2) is 16.3 Å². The summed E-state index contributed by atoms with van der Waals surface area (Å²) in [6.45, 7) is 4.61. The van der Waals surface area contributed by atoms with Crippen LogP contribution in [0.3, 0.4) is 0 Å². The first-order valence-corrected chi connectivity index (χ1v) is 7.47. The highest BCUT2D eigenvalue weighted by atomic mass is 35.5. The van der Waals surface area contributed by atoms with Gasteiger partial charge in [0.05, 0.1) is 18.3 Å². The summed E-state index contributed by atoms with van der Waals surface area (Å²) >= 11 is 6.07. The third-order valence-electron chi connectivity index (χ3n) is 3.48. The van der Waals surface area contributed by atoms with E-state index in [1.54, 1.807) is 0 Å². The molecule has 108 valence electrons. The molecule has 1 N–H and O–H groups in total. The summed E-state index contributed by atoms with van der Waals surface area (Å²) < 4.78 is 2.03. The topological polar surface area (TPSA) is 29.9 Å². The van der Waals surface area contributed by atoms with Crippen LogP contribution in [0.15, 0.2) is 48.7 Å². The van der Waals surface area contributed by atoms with Crippen molar-refractivity contribution in [3.8, 4) is 0 Å². The van der Waals surface area contributed by atoms with E-state index >= 15 is 0 Å². The molecule has 2 aromatic carbocycles. The van der Waals surface area contributed by atoms with Gasteiger partial charge < -0.3 is 5.32 Å². The first-order valence-electron chi connectivity index (χ1n) is 7.10. The van der Waals surface area contributed by atoms with Gasteiger partial charge in [-0.15, -0.1) is 0 Å². The molecule has 3 rings (SSSR count). The van der Waals surface area contributed by atoms with Crippen molar-refractivity contribution in [3.63, 3.8) is 0 Å². The van der Waals surface area contributed by atoms with Gasteiger partial charge in [-0.05, 0) is 36.2 Å². The third kappa shape index (κ3) is 3.43. The van der Waals surface area contributed by atoms with Crippen LogP contribution in [0.4, 0.5) is 0 Å². The number of hydrogen-bond acceptors (Lipinski definition) is 2. The summed E-state index contributed by atoms with van der Waals surface area (Å²) in [5.41, 5.74) is 3.58. The predicted octanol–water partition coefficient (Wildman–Crippen LogP) is 3.79. The first-order chi connectivity index (χ1) is 10.2. The maximum atomic E-state index is 6.07. The molecule has 0 spiro atoms. The van der Waals surface area contributed by atoms with Crippen LogP contribution >= 0.6 is 11.6 Å². The number of para-hydroxylation sites is 1. The summed E-state index contributed by atoms with van der Waals surface area (Å²) in [6, 6.07) is 14.4. The Morgan fingerprint density at radius 2 is 2.05 bits per heavy atom. The number of nitrogens with one attached hydrogen (secondary N) is 1. The lowest BCUT2D eigenvalue weighted by Crippen LogP contribution is -2.20. The van der Waals surface area contributed by atoms with E-state index in [-0.39, 0.29) is 0 Å². The van der Waals surface area contributed by atoms with Crippen LogP contribution in [0.25, 0.3) is 10.9 Å². The van der Waals surface area contributed by atoms with E-state index in [0.717, 1.165) is 24.7 Å². The molecule has 0 unspecified atom stereocenters. The zero-order chi connectivity index (χ0) is 14.7. The third-order valence-corrected chi connectivity index (χ3v) is 3.70.